The van der Waals surface area contributed by atoms with E-state index in [0.717, 1.165) is 35.2 Å². The molecule has 33 heavy (non-hydrogen) atoms. The van der Waals surface area contributed by atoms with Gasteiger partial charge in [0, 0.05) is 56.2 Å². The fourth-order valence-corrected chi connectivity index (χ4v) is 4.21. The van der Waals surface area contributed by atoms with Gasteiger partial charge >= 0.3 is 0 Å². The molecule has 0 radical (unpaired) electrons. The SMILES string of the molecule is O=C(c1ccc2nc(-c3cc(-c4cccnc4)ccc3O)[nH]c2c1)N1CCN(CCO)CC1. The number of nitrogens with one attached hydrogen (secondary N) is 1. The van der Waals surface area contributed by atoms with Crippen molar-refractivity contribution < 1.29 is 15.0 Å². The van der Waals surface area contributed by atoms with Gasteiger partial charge in [-0.3, -0.25) is 14.7 Å². The molecular formula is C25H25N5O3. The van der Waals surface area contributed by atoms with E-state index in [9.17, 15) is 9.90 Å². The number of piperazine rings is 1. The molecule has 1 amide bonds. The van der Waals surface area contributed by atoms with Gasteiger partial charge in [0.2, 0.25) is 0 Å². The van der Waals surface area contributed by atoms with Gasteiger partial charge < -0.3 is 20.1 Å². The van der Waals surface area contributed by atoms with E-state index in [1.54, 1.807) is 24.5 Å². The first-order valence-electron chi connectivity index (χ1n) is 11.0. The Bertz CT molecular complexity index is 1280. The quantitative estimate of drug-likeness (QED) is 0.438. The number of rotatable bonds is 5. The number of benzene rings is 2. The monoisotopic (exact) mass is 443 g/mol. The number of β-amino-alcohol motifs (C(OH)–C–C–N with tert-alkyl or cyclic N) is 1. The van der Waals surface area contributed by atoms with Crippen LogP contribution < -0.4 is 0 Å². The summed E-state index contributed by atoms with van der Waals surface area (Å²) in [5.41, 5.74) is 4.51. The Morgan fingerprint density at radius 1 is 1.03 bits per heavy atom. The fourth-order valence-electron chi connectivity index (χ4n) is 4.21. The second-order valence-electron chi connectivity index (χ2n) is 8.15. The maximum atomic E-state index is 13.0. The Balaban J connectivity index is 1.41. The lowest BCUT2D eigenvalue weighted by Crippen LogP contribution is -2.49. The van der Waals surface area contributed by atoms with Crippen LogP contribution in [0.1, 0.15) is 10.4 Å². The normalized spacial score (nSPS) is 14.6. The molecule has 0 saturated carbocycles. The molecule has 8 heteroatoms. The Morgan fingerprint density at radius 3 is 2.64 bits per heavy atom. The minimum absolute atomic E-state index is 0.0156. The molecule has 0 bridgehead atoms. The van der Waals surface area contributed by atoms with Crippen molar-refractivity contribution in [2.24, 2.45) is 0 Å². The van der Waals surface area contributed by atoms with Crippen molar-refractivity contribution in [1.29, 1.82) is 0 Å². The van der Waals surface area contributed by atoms with E-state index in [2.05, 4.69) is 19.9 Å². The van der Waals surface area contributed by atoms with Crippen LogP contribution in [0.2, 0.25) is 0 Å². The number of nitrogens with zero attached hydrogens (tertiary/aromatic N) is 4. The van der Waals surface area contributed by atoms with Crippen molar-refractivity contribution in [1.82, 2.24) is 24.8 Å². The highest BCUT2D eigenvalue weighted by Crippen LogP contribution is 2.33. The van der Waals surface area contributed by atoms with Crippen molar-refractivity contribution >= 4 is 16.9 Å². The number of phenolic OH excluding ortho intramolecular Hbond substituents is 1. The van der Waals surface area contributed by atoms with Gasteiger partial charge in [-0.2, -0.15) is 0 Å². The number of fused-ring (bicyclic) bond motifs is 1. The van der Waals surface area contributed by atoms with Crippen LogP contribution in [0.5, 0.6) is 5.75 Å². The molecule has 0 unspecified atom stereocenters. The number of hydrogen-bond donors (Lipinski definition) is 3. The first-order chi connectivity index (χ1) is 16.1. The molecule has 0 spiro atoms. The van der Waals surface area contributed by atoms with Gasteiger partial charge in [0.1, 0.15) is 11.6 Å². The predicted molar refractivity (Wildman–Crippen MR) is 126 cm³/mol. The molecule has 3 N–H and O–H groups in total. The molecule has 5 rings (SSSR count). The number of carbonyl (C=O) groups is 1. The minimum atomic E-state index is -0.0156. The van der Waals surface area contributed by atoms with Crippen molar-refractivity contribution in [2.75, 3.05) is 39.3 Å². The molecule has 1 fully saturated rings. The van der Waals surface area contributed by atoms with E-state index in [0.29, 0.717) is 36.6 Å². The summed E-state index contributed by atoms with van der Waals surface area (Å²) in [6, 6.07) is 14.6. The summed E-state index contributed by atoms with van der Waals surface area (Å²) in [5, 5.41) is 19.6. The number of aliphatic hydroxyl groups is 1. The number of imidazole rings is 1. The Morgan fingerprint density at radius 2 is 1.88 bits per heavy atom. The number of hydrogen-bond acceptors (Lipinski definition) is 6. The molecule has 0 aliphatic carbocycles. The minimum Gasteiger partial charge on any atom is -0.507 e. The average molecular weight is 444 g/mol. The largest absolute Gasteiger partial charge is 0.507 e. The molecular weight excluding hydrogens is 418 g/mol. The summed E-state index contributed by atoms with van der Waals surface area (Å²) in [6.45, 7) is 3.57. The van der Waals surface area contributed by atoms with Crippen molar-refractivity contribution in [3.8, 4) is 28.3 Å². The Labute approximate surface area is 191 Å². The van der Waals surface area contributed by atoms with E-state index >= 15 is 0 Å². The van der Waals surface area contributed by atoms with Gasteiger partial charge in [-0.25, -0.2) is 4.98 Å². The molecule has 168 valence electrons. The van der Waals surface area contributed by atoms with E-state index in [4.69, 9.17) is 5.11 Å². The second kappa shape index (κ2) is 9.01. The van der Waals surface area contributed by atoms with Gasteiger partial charge in [0.05, 0.1) is 23.2 Å². The zero-order chi connectivity index (χ0) is 22.8. The van der Waals surface area contributed by atoms with Gasteiger partial charge in [-0.1, -0.05) is 12.1 Å². The van der Waals surface area contributed by atoms with Gasteiger partial charge in [0.25, 0.3) is 5.91 Å². The number of carbonyl (C=O) groups excluding carboxylic acids is 1. The van der Waals surface area contributed by atoms with Crippen LogP contribution >= 0.6 is 0 Å². The first kappa shape index (κ1) is 21.1. The van der Waals surface area contributed by atoms with Crippen LogP contribution in [0.3, 0.4) is 0 Å². The standard InChI is InChI=1S/C25H25N5O3/c31-13-12-29-8-10-30(11-9-29)25(33)18-3-5-21-22(15-18)28-24(27-21)20-14-17(4-6-23(20)32)19-2-1-7-26-16-19/h1-7,14-16,31-32H,8-13H2,(H,27,28). The van der Waals surface area contributed by atoms with Crippen LogP contribution in [-0.4, -0.2) is 80.2 Å². The number of aromatic nitrogens is 3. The number of aliphatic hydroxyl groups excluding tert-OH is 1. The molecule has 8 nitrogen and oxygen atoms in total. The third kappa shape index (κ3) is 4.30. The van der Waals surface area contributed by atoms with Crippen LogP contribution in [0.15, 0.2) is 60.9 Å². The van der Waals surface area contributed by atoms with Crippen molar-refractivity contribution in [2.45, 2.75) is 0 Å². The van der Waals surface area contributed by atoms with Crippen LogP contribution in [-0.2, 0) is 0 Å². The predicted octanol–water partition coefficient (Wildman–Crippen LogP) is 2.75. The molecule has 4 aromatic rings. The summed E-state index contributed by atoms with van der Waals surface area (Å²) in [6.07, 6.45) is 3.49. The second-order valence-corrected chi connectivity index (χ2v) is 8.15. The molecule has 1 saturated heterocycles. The number of amides is 1. The lowest BCUT2D eigenvalue weighted by molar-refractivity contribution is 0.0615. The average Bonchev–Trinajstić information content (AvgIpc) is 3.28. The Kier molecular flexibility index (Phi) is 5.77. The molecule has 1 aliphatic heterocycles. The Hall–Kier alpha value is -3.75. The maximum absolute atomic E-state index is 13.0. The van der Waals surface area contributed by atoms with Crippen LogP contribution in [0, 0.1) is 0 Å². The highest BCUT2D eigenvalue weighted by Gasteiger charge is 2.22. The number of aromatic hydroxyl groups is 1. The molecule has 1 aliphatic rings. The molecule has 2 aromatic heterocycles. The summed E-state index contributed by atoms with van der Waals surface area (Å²) in [4.78, 5) is 29.1. The van der Waals surface area contributed by atoms with E-state index in [-0.39, 0.29) is 18.3 Å². The van der Waals surface area contributed by atoms with Crippen molar-refractivity contribution in [3.05, 3.63) is 66.5 Å². The molecule has 3 heterocycles. The van der Waals surface area contributed by atoms with E-state index in [1.165, 1.54) is 0 Å². The number of phenols is 1. The van der Waals surface area contributed by atoms with Gasteiger partial charge in [-0.15, -0.1) is 0 Å². The highest BCUT2D eigenvalue weighted by atomic mass is 16.3. The summed E-state index contributed by atoms with van der Waals surface area (Å²) < 4.78 is 0. The zero-order valence-corrected chi connectivity index (χ0v) is 18.1. The third-order valence-corrected chi connectivity index (χ3v) is 6.05. The first-order valence-corrected chi connectivity index (χ1v) is 11.0. The molecule has 0 atom stereocenters. The van der Waals surface area contributed by atoms with E-state index in [1.807, 2.05) is 41.3 Å². The molecule has 2 aromatic carbocycles. The van der Waals surface area contributed by atoms with Crippen LogP contribution in [0.4, 0.5) is 0 Å². The third-order valence-electron chi connectivity index (χ3n) is 6.05. The fraction of sp³-hybridized carbons (Fsp3) is 0.240. The lowest BCUT2D eigenvalue weighted by Gasteiger charge is -2.34. The topological polar surface area (TPSA) is 106 Å². The van der Waals surface area contributed by atoms with Crippen LogP contribution in [0.25, 0.3) is 33.5 Å². The van der Waals surface area contributed by atoms with E-state index < -0.39 is 0 Å². The number of H-pyrrole nitrogens is 1. The number of aromatic amines is 1. The number of pyridine rings is 1. The zero-order valence-electron chi connectivity index (χ0n) is 18.1. The van der Waals surface area contributed by atoms with Gasteiger partial charge in [0.15, 0.2) is 0 Å². The van der Waals surface area contributed by atoms with Gasteiger partial charge in [-0.05, 0) is 42.0 Å². The smallest absolute Gasteiger partial charge is 0.254 e. The summed E-state index contributed by atoms with van der Waals surface area (Å²) in [5.74, 6) is 0.646. The lowest BCUT2D eigenvalue weighted by atomic mass is 10.0. The summed E-state index contributed by atoms with van der Waals surface area (Å²) >= 11 is 0. The maximum Gasteiger partial charge on any atom is 0.254 e. The summed E-state index contributed by atoms with van der Waals surface area (Å²) in [7, 11) is 0. The highest BCUT2D eigenvalue weighted by molar-refractivity contribution is 5.98. The van der Waals surface area contributed by atoms with Crippen molar-refractivity contribution in [3.63, 3.8) is 0 Å².